The third kappa shape index (κ3) is 4.05. The Kier molecular flexibility index (Phi) is 5.36. The average molecular weight is 393 g/mol. The van der Waals surface area contributed by atoms with Crippen LogP contribution in [0.15, 0.2) is 36.4 Å². The Morgan fingerprint density at radius 3 is 2.56 bits per heavy atom. The number of nitrogens with one attached hydrogen (secondary N) is 2. The zero-order valence-electron chi connectivity index (χ0n) is 14.8. The van der Waals surface area contributed by atoms with Crippen LogP contribution in [0.4, 0.5) is 18.9 Å². The van der Waals surface area contributed by atoms with Crippen molar-refractivity contribution in [2.75, 3.05) is 18.9 Å². The van der Waals surface area contributed by atoms with Gasteiger partial charge in [-0.1, -0.05) is 30.3 Å². The molecule has 4 nitrogen and oxygen atoms in total. The molecule has 0 spiro atoms. The molecule has 1 amide bonds. The summed E-state index contributed by atoms with van der Waals surface area (Å²) in [4.78, 5) is 17.2. The van der Waals surface area contributed by atoms with Gasteiger partial charge in [-0.3, -0.25) is 4.79 Å². The number of pyridine rings is 1. The number of fused-ring (bicyclic) bond motifs is 1. The van der Waals surface area contributed by atoms with Crippen molar-refractivity contribution in [2.24, 2.45) is 0 Å². The van der Waals surface area contributed by atoms with Crippen molar-refractivity contribution in [3.05, 3.63) is 58.1 Å². The molecule has 0 aliphatic rings. The van der Waals surface area contributed by atoms with E-state index in [1.54, 1.807) is 0 Å². The van der Waals surface area contributed by atoms with Crippen LogP contribution in [0.5, 0.6) is 0 Å². The number of rotatable bonds is 5. The zero-order chi connectivity index (χ0) is 19.6. The van der Waals surface area contributed by atoms with E-state index in [0.717, 1.165) is 23.0 Å². The largest absolute Gasteiger partial charge is 0.417 e. The van der Waals surface area contributed by atoms with Gasteiger partial charge < -0.3 is 10.6 Å². The van der Waals surface area contributed by atoms with Crippen molar-refractivity contribution < 1.29 is 18.0 Å². The summed E-state index contributed by atoms with van der Waals surface area (Å²) in [5.41, 5.74) is 0.704. The highest BCUT2D eigenvalue weighted by Crippen LogP contribution is 2.43. The zero-order valence-corrected chi connectivity index (χ0v) is 15.6. The second kappa shape index (κ2) is 7.56. The minimum atomic E-state index is -4.53. The van der Waals surface area contributed by atoms with Crippen LogP contribution >= 0.6 is 11.3 Å². The number of carbonyl (C=O) groups excluding carboxylic acids is 1. The lowest BCUT2D eigenvalue weighted by atomic mass is 10.1. The maximum atomic E-state index is 13.5. The summed E-state index contributed by atoms with van der Waals surface area (Å²) in [5, 5.41) is 5.47. The molecule has 0 fully saturated rings. The molecule has 8 heteroatoms. The molecule has 2 N–H and O–H groups in total. The van der Waals surface area contributed by atoms with Crippen molar-refractivity contribution in [1.82, 2.24) is 10.3 Å². The second-order valence-electron chi connectivity index (χ2n) is 6.04. The normalized spacial score (nSPS) is 11.6. The quantitative estimate of drug-likeness (QED) is 0.664. The third-order valence-electron chi connectivity index (χ3n) is 4.09. The molecule has 0 bridgehead atoms. The first-order valence-electron chi connectivity index (χ1n) is 8.32. The number of benzene rings is 1. The highest BCUT2D eigenvalue weighted by Gasteiger charge is 2.36. The topological polar surface area (TPSA) is 54.0 Å². The molecule has 0 aliphatic heterocycles. The number of anilines is 1. The van der Waals surface area contributed by atoms with E-state index in [4.69, 9.17) is 0 Å². The fourth-order valence-corrected chi connectivity index (χ4v) is 4.06. The number of carbonyl (C=O) groups is 1. The van der Waals surface area contributed by atoms with Crippen molar-refractivity contribution in [3.63, 3.8) is 0 Å². The Bertz CT molecular complexity index is 968. The van der Waals surface area contributed by atoms with E-state index in [1.165, 1.54) is 14.0 Å². The second-order valence-corrected chi connectivity index (χ2v) is 7.04. The lowest BCUT2D eigenvalue weighted by Gasteiger charge is -2.11. The maximum Gasteiger partial charge on any atom is 0.417 e. The number of halogens is 3. The van der Waals surface area contributed by atoms with Crippen molar-refractivity contribution in [3.8, 4) is 0 Å². The van der Waals surface area contributed by atoms with Gasteiger partial charge in [0.05, 0.1) is 11.3 Å². The predicted octanol–water partition coefficient (Wildman–Crippen LogP) is 4.64. The summed E-state index contributed by atoms with van der Waals surface area (Å²) in [6, 6.07) is 10.6. The maximum absolute atomic E-state index is 13.5. The fourth-order valence-electron chi connectivity index (χ4n) is 2.89. The molecule has 0 saturated heterocycles. The van der Waals surface area contributed by atoms with Crippen molar-refractivity contribution in [1.29, 1.82) is 0 Å². The van der Waals surface area contributed by atoms with Crippen LogP contribution in [0.25, 0.3) is 10.2 Å². The van der Waals surface area contributed by atoms with E-state index in [2.05, 4.69) is 15.6 Å². The smallest absolute Gasteiger partial charge is 0.386 e. The molecule has 1 aromatic carbocycles. The van der Waals surface area contributed by atoms with Crippen LogP contribution < -0.4 is 10.6 Å². The summed E-state index contributed by atoms with van der Waals surface area (Å²) in [7, 11) is 1.50. The van der Waals surface area contributed by atoms with Gasteiger partial charge in [0.2, 0.25) is 0 Å². The number of aromatic nitrogens is 1. The Labute approximate surface area is 158 Å². The first-order chi connectivity index (χ1) is 12.8. The molecule has 0 aliphatic carbocycles. The highest BCUT2D eigenvalue weighted by molar-refractivity contribution is 7.21. The molecule has 3 aromatic rings. The van der Waals surface area contributed by atoms with Gasteiger partial charge in [-0.2, -0.15) is 13.2 Å². The van der Waals surface area contributed by atoms with Crippen LogP contribution in [-0.2, 0) is 12.6 Å². The van der Waals surface area contributed by atoms with E-state index in [-0.39, 0.29) is 26.5 Å². The van der Waals surface area contributed by atoms with E-state index in [1.807, 2.05) is 30.3 Å². The van der Waals surface area contributed by atoms with E-state index >= 15 is 0 Å². The number of hydrogen-bond donors (Lipinski definition) is 2. The van der Waals surface area contributed by atoms with E-state index < -0.39 is 17.6 Å². The molecule has 0 unspecified atom stereocenters. The molecule has 0 saturated carbocycles. The first-order valence-corrected chi connectivity index (χ1v) is 9.14. The summed E-state index contributed by atoms with van der Waals surface area (Å²) in [5.74, 6) is -0.413. The monoisotopic (exact) mass is 393 g/mol. The molecule has 0 radical (unpaired) electrons. The van der Waals surface area contributed by atoms with Crippen LogP contribution in [0, 0.1) is 6.92 Å². The van der Waals surface area contributed by atoms with Gasteiger partial charge >= 0.3 is 6.18 Å². The van der Waals surface area contributed by atoms with Gasteiger partial charge in [0, 0.05) is 24.7 Å². The van der Waals surface area contributed by atoms with Crippen LogP contribution in [0.2, 0.25) is 0 Å². The highest BCUT2D eigenvalue weighted by atomic mass is 32.1. The molecule has 0 atom stereocenters. The van der Waals surface area contributed by atoms with E-state index in [9.17, 15) is 18.0 Å². The third-order valence-corrected chi connectivity index (χ3v) is 5.18. The molecule has 27 heavy (non-hydrogen) atoms. The van der Waals surface area contributed by atoms with Crippen LogP contribution in [0.1, 0.15) is 26.5 Å². The standard InChI is InChI=1S/C19H18F3N3OS/c1-11-10-13(19(20,21)22)14-15(23-2)16(27-18(14)25-11)17(26)24-9-8-12-6-4-3-5-7-12/h3-7,10,23H,8-9H2,1-2H3,(H,24,26). The Balaban J connectivity index is 1.91. The van der Waals surface area contributed by atoms with Crippen LogP contribution in [0.3, 0.4) is 0 Å². The summed E-state index contributed by atoms with van der Waals surface area (Å²) in [6.07, 6.45) is -3.89. The molecule has 142 valence electrons. The molecule has 3 rings (SSSR count). The molecular formula is C19H18F3N3OS. The molecular weight excluding hydrogens is 375 g/mol. The summed E-state index contributed by atoms with van der Waals surface area (Å²) in [6.45, 7) is 1.89. The summed E-state index contributed by atoms with van der Waals surface area (Å²) >= 11 is 0.962. The van der Waals surface area contributed by atoms with E-state index in [0.29, 0.717) is 13.0 Å². The van der Waals surface area contributed by atoms with Gasteiger partial charge in [-0.05, 0) is 25.0 Å². The van der Waals surface area contributed by atoms with Gasteiger partial charge in [0.25, 0.3) is 5.91 Å². The Morgan fingerprint density at radius 2 is 1.93 bits per heavy atom. The number of alkyl halides is 3. The number of hydrogen-bond acceptors (Lipinski definition) is 4. The first kappa shape index (κ1) is 19.2. The summed E-state index contributed by atoms with van der Waals surface area (Å²) < 4.78 is 40.4. The predicted molar refractivity (Wildman–Crippen MR) is 101 cm³/mol. The Morgan fingerprint density at radius 1 is 1.22 bits per heavy atom. The molecule has 2 aromatic heterocycles. The molecule has 2 heterocycles. The lowest BCUT2D eigenvalue weighted by molar-refractivity contribution is -0.136. The average Bonchev–Trinajstić information content (AvgIpc) is 2.99. The lowest BCUT2D eigenvalue weighted by Crippen LogP contribution is -2.25. The van der Waals surface area contributed by atoms with Crippen LogP contribution in [-0.4, -0.2) is 24.5 Å². The number of nitrogens with zero attached hydrogens (tertiary/aromatic N) is 1. The van der Waals surface area contributed by atoms with Gasteiger partial charge in [-0.15, -0.1) is 11.3 Å². The van der Waals surface area contributed by atoms with Crippen molar-refractivity contribution >= 4 is 33.1 Å². The SMILES string of the molecule is CNc1c(C(=O)NCCc2ccccc2)sc2nc(C)cc(C(F)(F)F)c12. The minimum Gasteiger partial charge on any atom is -0.386 e. The van der Waals surface area contributed by atoms with Crippen molar-refractivity contribution in [2.45, 2.75) is 19.5 Å². The fraction of sp³-hybridized carbons (Fsp3) is 0.263. The Hall–Kier alpha value is -2.61. The number of amides is 1. The number of thiophene rings is 1. The number of aryl methyl sites for hydroxylation is 1. The minimum absolute atomic E-state index is 0.0613. The van der Waals surface area contributed by atoms with Gasteiger partial charge in [-0.25, -0.2) is 4.98 Å². The van der Waals surface area contributed by atoms with Gasteiger partial charge in [0.1, 0.15) is 9.71 Å². The van der Waals surface area contributed by atoms with Gasteiger partial charge in [0.15, 0.2) is 0 Å².